The van der Waals surface area contributed by atoms with E-state index in [0.717, 1.165) is 34.6 Å². The lowest BCUT2D eigenvalue weighted by molar-refractivity contribution is -0.138. The summed E-state index contributed by atoms with van der Waals surface area (Å²) in [7, 11) is 1.63. The van der Waals surface area contributed by atoms with Gasteiger partial charge in [0.15, 0.2) is 0 Å². The fourth-order valence-electron chi connectivity index (χ4n) is 2.27. The Morgan fingerprint density at radius 2 is 1.74 bits per heavy atom. The number of rotatable bonds is 7. The number of carboxylic acid groups (broad SMARTS) is 1. The summed E-state index contributed by atoms with van der Waals surface area (Å²) < 4.78 is 11.0. The van der Waals surface area contributed by atoms with Gasteiger partial charge in [0.1, 0.15) is 11.5 Å². The first kappa shape index (κ1) is 16.9. The fourth-order valence-corrected chi connectivity index (χ4v) is 2.27. The quantitative estimate of drug-likeness (QED) is 0.826. The molecule has 2 rings (SSSR count). The second-order valence-corrected chi connectivity index (χ2v) is 5.43. The topological polar surface area (TPSA) is 55.8 Å². The van der Waals surface area contributed by atoms with Crippen LogP contribution in [0.5, 0.6) is 11.5 Å². The highest BCUT2D eigenvalue weighted by Crippen LogP contribution is 2.31. The molecule has 0 aliphatic carbocycles. The number of ether oxygens (including phenoxy) is 2. The van der Waals surface area contributed by atoms with E-state index in [4.69, 9.17) is 14.6 Å². The molecule has 0 bridgehead atoms. The Kier molecular flexibility index (Phi) is 5.63. The molecule has 2 aromatic carbocycles. The predicted octanol–water partition coefficient (Wildman–Crippen LogP) is 4.34. The molecule has 0 spiro atoms. The van der Waals surface area contributed by atoms with E-state index in [9.17, 15) is 4.79 Å². The molecule has 0 radical (unpaired) electrons. The van der Waals surface area contributed by atoms with Gasteiger partial charge in [-0.1, -0.05) is 31.2 Å². The molecule has 0 saturated carbocycles. The number of methoxy groups -OCH3 is 1. The van der Waals surface area contributed by atoms with Crippen molar-refractivity contribution >= 4 is 5.97 Å². The number of carboxylic acids is 1. The first-order valence-electron chi connectivity index (χ1n) is 7.70. The molecule has 0 aromatic heterocycles. The normalized spacial score (nSPS) is 11.8. The van der Waals surface area contributed by atoms with Crippen LogP contribution in [0.25, 0.3) is 11.1 Å². The highest BCUT2D eigenvalue weighted by Gasteiger charge is 2.13. The van der Waals surface area contributed by atoms with Gasteiger partial charge in [0.05, 0.1) is 19.6 Å². The van der Waals surface area contributed by atoms with E-state index >= 15 is 0 Å². The van der Waals surface area contributed by atoms with Crippen LogP contribution in [0, 0.1) is 0 Å². The number of hydrogen-bond donors (Lipinski definition) is 1. The summed E-state index contributed by atoms with van der Waals surface area (Å²) in [5.41, 5.74) is 2.75. The van der Waals surface area contributed by atoms with Crippen molar-refractivity contribution in [2.75, 3.05) is 13.7 Å². The van der Waals surface area contributed by atoms with Crippen LogP contribution in [-0.2, 0) is 4.79 Å². The summed E-state index contributed by atoms with van der Waals surface area (Å²) in [5, 5.41) is 9.08. The molecule has 23 heavy (non-hydrogen) atoms. The van der Waals surface area contributed by atoms with Crippen LogP contribution in [0.3, 0.4) is 0 Å². The van der Waals surface area contributed by atoms with Crippen LogP contribution < -0.4 is 9.47 Å². The van der Waals surface area contributed by atoms with Crippen molar-refractivity contribution in [3.63, 3.8) is 0 Å². The largest absolute Gasteiger partial charge is 0.497 e. The Hall–Kier alpha value is -2.49. The molecule has 4 heteroatoms. The minimum Gasteiger partial charge on any atom is -0.497 e. The van der Waals surface area contributed by atoms with Gasteiger partial charge >= 0.3 is 5.97 Å². The second-order valence-electron chi connectivity index (χ2n) is 5.43. The van der Waals surface area contributed by atoms with Gasteiger partial charge in [0, 0.05) is 6.07 Å². The van der Waals surface area contributed by atoms with E-state index in [1.54, 1.807) is 14.0 Å². The van der Waals surface area contributed by atoms with Gasteiger partial charge in [-0.15, -0.1) is 0 Å². The highest BCUT2D eigenvalue weighted by atomic mass is 16.5. The summed E-state index contributed by atoms with van der Waals surface area (Å²) in [6, 6.07) is 13.3. The lowest BCUT2D eigenvalue weighted by atomic mass is 9.97. The molecule has 0 aliphatic rings. The molecule has 0 heterocycles. The Morgan fingerprint density at radius 3 is 2.30 bits per heavy atom. The molecule has 0 aliphatic heterocycles. The molecular formula is C19H22O4. The molecule has 1 unspecified atom stereocenters. The van der Waals surface area contributed by atoms with E-state index in [1.807, 2.05) is 42.5 Å². The SMILES string of the molecule is CCCOc1cc(OC)cc(-c2ccc(C(C)C(=O)O)cc2)c1. The summed E-state index contributed by atoms with van der Waals surface area (Å²) >= 11 is 0. The van der Waals surface area contributed by atoms with Crippen molar-refractivity contribution in [2.45, 2.75) is 26.2 Å². The van der Waals surface area contributed by atoms with E-state index in [1.165, 1.54) is 0 Å². The summed E-state index contributed by atoms with van der Waals surface area (Å²) in [5.74, 6) is 0.160. The average molecular weight is 314 g/mol. The summed E-state index contributed by atoms with van der Waals surface area (Å²) in [6.45, 7) is 4.39. The zero-order valence-electron chi connectivity index (χ0n) is 13.7. The molecule has 0 amide bonds. The monoisotopic (exact) mass is 314 g/mol. The van der Waals surface area contributed by atoms with Crippen molar-refractivity contribution in [3.05, 3.63) is 48.0 Å². The fraction of sp³-hybridized carbons (Fsp3) is 0.316. The zero-order valence-corrected chi connectivity index (χ0v) is 13.7. The standard InChI is InChI=1S/C19H22O4/c1-4-9-23-18-11-16(10-17(12-18)22-3)15-7-5-14(6-8-15)13(2)19(20)21/h5-8,10-13H,4,9H2,1-3H3,(H,20,21). The number of aliphatic carboxylic acids is 1. The zero-order chi connectivity index (χ0) is 16.8. The molecule has 1 atom stereocenters. The first-order chi connectivity index (χ1) is 11.0. The van der Waals surface area contributed by atoms with Crippen LogP contribution in [-0.4, -0.2) is 24.8 Å². The third kappa shape index (κ3) is 4.25. The Balaban J connectivity index is 2.31. The van der Waals surface area contributed by atoms with E-state index < -0.39 is 11.9 Å². The molecule has 0 fully saturated rings. The van der Waals surface area contributed by atoms with Gasteiger partial charge in [-0.3, -0.25) is 4.79 Å². The van der Waals surface area contributed by atoms with Crippen LogP contribution >= 0.6 is 0 Å². The third-order valence-corrected chi connectivity index (χ3v) is 3.70. The van der Waals surface area contributed by atoms with Crippen LogP contribution in [0.2, 0.25) is 0 Å². The number of carbonyl (C=O) groups is 1. The maximum Gasteiger partial charge on any atom is 0.310 e. The minimum absolute atomic E-state index is 0.516. The molecular weight excluding hydrogens is 292 g/mol. The lowest BCUT2D eigenvalue weighted by Crippen LogP contribution is -2.06. The van der Waals surface area contributed by atoms with Crippen molar-refractivity contribution in [3.8, 4) is 22.6 Å². The van der Waals surface area contributed by atoms with Crippen molar-refractivity contribution in [1.29, 1.82) is 0 Å². The van der Waals surface area contributed by atoms with Crippen molar-refractivity contribution in [1.82, 2.24) is 0 Å². The van der Waals surface area contributed by atoms with Crippen molar-refractivity contribution in [2.24, 2.45) is 0 Å². The molecule has 1 N–H and O–H groups in total. The van der Waals surface area contributed by atoms with Crippen LogP contribution in [0.4, 0.5) is 0 Å². The highest BCUT2D eigenvalue weighted by molar-refractivity contribution is 5.76. The lowest BCUT2D eigenvalue weighted by Gasteiger charge is -2.12. The average Bonchev–Trinajstić information content (AvgIpc) is 2.59. The van der Waals surface area contributed by atoms with Gasteiger partial charge in [0.2, 0.25) is 0 Å². The summed E-state index contributed by atoms with van der Waals surface area (Å²) in [6.07, 6.45) is 0.939. The van der Waals surface area contributed by atoms with E-state index in [2.05, 4.69) is 6.92 Å². The third-order valence-electron chi connectivity index (χ3n) is 3.70. The van der Waals surface area contributed by atoms with Gasteiger partial charge in [0.25, 0.3) is 0 Å². The Bertz CT molecular complexity index is 662. The van der Waals surface area contributed by atoms with Gasteiger partial charge < -0.3 is 14.6 Å². The maximum absolute atomic E-state index is 11.1. The molecule has 2 aromatic rings. The molecule has 122 valence electrons. The van der Waals surface area contributed by atoms with Crippen molar-refractivity contribution < 1.29 is 19.4 Å². The van der Waals surface area contributed by atoms with Gasteiger partial charge in [-0.25, -0.2) is 0 Å². The smallest absolute Gasteiger partial charge is 0.310 e. The van der Waals surface area contributed by atoms with Crippen LogP contribution in [0.1, 0.15) is 31.7 Å². The molecule has 0 saturated heterocycles. The van der Waals surface area contributed by atoms with Gasteiger partial charge in [-0.05, 0) is 42.2 Å². The van der Waals surface area contributed by atoms with Crippen LogP contribution in [0.15, 0.2) is 42.5 Å². The Morgan fingerprint density at radius 1 is 1.09 bits per heavy atom. The number of hydrogen-bond acceptors (Lipinski definition) is 3. The first-order valence-corrected chi connectivity index (χ1v) is 7.70. The van der Waals surface area contributed by atoms with E-state index in [-0.39, 0.29) is 0 Å². The van der Waals surface area contributed by atoms with E-state index in [0.29, 0.717) is 6.61 Å². The summed E-state index contributed by atoms with van der Waals surface area (Å²) in [4.78, 5) is 11.1. The van der Waals surface area contributed by atoms with Gasteiger partial charge in [-0.2, -0.15) is 0 Å². The molecule has 4 nitrogen and oxygen atoms in total. The predicted molar refractivity (Wildman–Crippen MR) is 90.3 cm³/mol. The minimum atomic E-state index is -0.825. The number of benzene rings is 2. The maximum atomic E-state index is 11.1. The second kappa shape index (κ2) is 7.68. The Labute approximate surface area is 136 Å².